The standard InChI is InChI=1S/C11H12O3/c1-7-3-8-4-10(13-2)9(6-12)5-11(8)14-7/h4-7H,3H2,1-2H3/t7-/m1/s1. The first-order valence-electron chi connectivity index (χ1n) is 4.57. The van der Waals surface area contributed by atoms with Crippen molar-refractivity contribution in [2.24, 2.45) is 0 Å². The largest absolute Gasteiger partial charge is 0.496 e. The Labute approximate surface area is 82.6 Å². The normalized spacial score (nSPS) is 18.6. The van der Waals surface area contributed by atoms with Crippen molar-refractivity contribution in [3.05, 3.63) is 23.3 Å². The van der Waals surface area contributed by atoms with Crippen molar-refractivity contribution in [2.45, 2.75) is 19.4 Å². The average molecular weight is 192 g/mol. The zero-order valence-electron chi connectivity index (χ0n) is 8.24. The highest BCUT2D eigenvalue weighted by atomic mass is 16.5. The van der Waals surface area contributed by atoms with Gasteiger partial charge >= 0.3 is 0 Å². The summed E-state index contributed by atoms with van der Waals surface area (Å²) in [5, 5.41) is 0. The lowest BCUT2D eigenvalue weighted by Crippen LogP contribution is -2.05. The second-order valence-corrected chi connectivity index (χ2v) is 3.45. The van der Waals surface area contributed by atoms with Crippen LogP contribution in [-0.2, 0) is 6.42 Å². The van der Waals surface area contributed by atoms with Gasteiger partial charge in [0.25, 0.3) is 0 Å². The molecular formula is C11H12O3. The van der Waals surface area contributed by atoms with E-state index in [4.69, 9.17) is 9.47 Å². The number of rotatable bonds is 2. The Balaban J connectivity index is 2.48. The summed E-state index contributed by atoms with van der Waals surface area (Å²) < 4.78 is 10.6. The lowest BCUT2D eigenvalue weighted by Gasteiger charge is -2.06. The van der Waals surface area contributed by atoms with Gasteiger partial charge in [-0.3, -0.25) is 4.79 Å². The van der Waals surface area contributed by atoms with Crippen molar-refractivity contribution in [3.8, 4) is 11.5 Å². The van der Waals surface area contributed by atoms with Crippen LogP contribution in [0.2, 0.25) is 0 Å². The van der Waals surface area contributed by atoms with Gasteiger partial charge in [0.2, 0.25) is 0 Å². The van der Waals surface area contributed by atoms with Crippen LogP contribution < -0.4 is 9.47 Å². The molecule has 0 fully saturated rings. The molecule has 1 aromatic carbocycles. The molecule has 1 aromatic rings. The SMILES string of the molecule is COc1cc2c(cc1C=O)O[C@H](C)C2. The minimum absolute atomic E-state index is 0.191. The first-order chi connectivity index (χ1) is 6.74. The lowest BCUT2D eigenvalue weighted by atomic mass is 10.1. The minimum Gasteiger partial charge on any atom is -0.496 e. The number of carbonyl (C=O) groups is 1. The van der Waals surface area contributed by atoms with E-state index in [2.05, 4.69) is 0 Å². The third-order valence-corrected chi connectivity index (χ3v) is 2.38. The molecule has 1 aliphatic heterocycles. The second-order valence-electron chi connectivity index (χ2n) is 3.45. The zero-order valence-corrected chi connectivity index (χ0v) is 8.24. The van der Waals surface area contributed by atoms with Crippen molar-refractivity contribution in [2.75, 3.05) is 7.11 Å². The molecule has 0 aliphatic carbocycles. The van der Waals surface area contributed by atoms with E-state index < -0.39 is 0 Å². The first kappa shape index (κ1) is 9.06. The third-order valence-electron chi connectivity index (χ3n) is 2.38. The van der Waals surface area contributed by atoms with E-state index in [9.17, 15) is 4.79 Å². The Morgan fingerprint density at radius 3 is 3.00 bits per heavy atom. The van der Waals surface area contributed by atoms with Crippen LogP contribution in [0.1, 0.15) is 22.8 Å². The summed E-state index contributed by atoms with van der Waals surface area (Å²) in [7, 11) is 1.56. The van der Waals surface area contributed by atoms with Crippen molar-refractivity contribution in [1.29, 1.82) is 0 Å². The Morgan fingerprint density at radius 1 is 1.57 bits per heavy atom. The third kappa shape index (κ3) is 1.35. The van der Waals surface area contributed by atoms with Crippen LogP contribution in [0.15, 0.2) is 12.1 Å². The van der Waals surface area contributed by atoms with Crippen LogP contribution >= 0.6 is 0 Å². The maximum atomic E-state index is 10.7. The number of benzene rings is 1. The second kappa shape index (κ2) is 3.33. The van der Waals surface area contributed by atoms with Gasteiger partial charge in [0, 0.05) is 12.0 Å². The Hall–Kier alpha value is -1.51. The zero-order chi connectivity index (χ0) is 10.1. The molecule has 1 atom stereocenters. The van der Waals surface area contributed by atoms with Crippen LogP contribution in [0.3, 0.4) is 0 Å². The number of ether oxygens (including phenoxy) is 2. The van der Waals surface area contributed by atoms with E-state index in [-0.39, 0.29) is 6.10 Å². The van der Waals surface area contributed by atoms with Crippen LogP contribution in [0.5, 0.6) is 11.5 Å². The van der Waals surface area contributed by atoms with Gasteiger partial charge in [-0.05, 0) is 19.1 Å². The molecule has 1 aliphatic rings. The fraction of sp³-hybridized carbons (Fsp3) is 0.364. The molecule has 0 bridgehead atoms. The maximum Gasteiger partial charge on any atom is 0.153 e. The highest BCUT2D eigenvalue weighted by Crippen LogP contribution is 2.34. The number of aldehydes is 1. The van der Waals surface area contributed by atoms with Crippen LogP contribution in [0.4, 0.5) is 0 Å². The van der Waals surface area contributed by atoms with Gasteiger partial charge in [0.15, 0.2) is 6.29 Å². The lowest BCUT2D eigenvalue weighted by molar-refractivity contribution is 0.112. The molecule has 0 spiro atoms. The van der Waals surface area contributed by atoms with Crippen molar-refractivity contribution >= 4 is 6.29 Å². The quantitative estimate of drug-likeness (QED) is 0.670. The first-order valence-corrected chi connectivity index (χ1v) is 4.57. The van der Waals surface area contributed by atoms with Gasteiger partial charge in [-0.15, -0.1) is 0 Å². The maximum absolute atomic E-state index is 10.7. The van der Waals surface area contributed by atoms with Gasteiger partial charge < -0.3 is 9.47 Å². The molecule has 0 N–H and O–H groups in total. The van der Waals surface area contributed by atoms with E-state index in [1.807, 2.05) is 13.0 Å². The van der Waals surface area contributed by atoms with E-state index in [1.165, 1.54) is 0 Å². The van der Waals surface area contributed by atoms with E-state index in [0.29, 0.717) is 11.3 Å². The fourth-order valence-electron chi connectivity index (χ4n) is 1.72. The molecule has 0 saturated carbocycles. The molecule has 0 amide bonds. The molecule has 0 unspecified atom stereocenters. The van der Waals surface area contributed by atoms with Gasteiger partial charge in [-0.25, -0.2) is 0 Å². The summed E-state index contributed by atoms with van der Waals surface area (Å²) >= 11 is 0. The Morgan fingerprint density at radius 2 is 2.36 bits per heavy atom. The van der Waals surface area contributed by atoms with Crippen LogP contribution in [-0.4, -0.2) is 19.5 Å². The molecule has 3 nitrogen and oxygen atoms in total. The minimum atomic E-state index is 0.191. The molecule has 3 heteroatoms. The number of carbonyl (C=O) groups excluding carboxylic acids is 1. The molecule has 74 valence electrons. The number of fused-ring (bicyclic) bond motifs is 1. The van der Waals surface area contributed by atoms with Gasteiger partial charge in [-0.2, -0.15) is 0 Å². The number of hydrogen-bond donors (Lipinski definition) is 0. The summed E-state index contributed by atoms with van der Waals surface area (Å²) in [6.07, 6.45) is 1.85. The van der Waals surface area contributed by atoms with Crippen molar-refractivity contribution in [3.63, 3.8) is 0 Å². The summed E-state index contributed by atoms with van der Waals surface area (Å²) in [6, 6.07) is 3.62. The molecule has 1 heterocycles. The molecule has 0 radical (unpaired) electrons. The molecule has 14 heavy (non-hydrogen) atoms. The summed E-state index contributed by atoms with van der Waals surface area (Å²) in [5.74, 6) is 1.43. The number of methoxy groups -OCH3 is 1. The highest BCUT2D eigenvalue weighted by Gasteiger charge is 2.21. The van der Waals surface area contributed by atoms with Crippen LogP contribution in [0.25, 0.3) is 0 Å². The summed E-state index contributed by atoms with van der Waals surface area (Å²) in [4.78, 5) is 10.7. The monoisotopic (exact) mass is 192 g/mol. The Kier molecular flexibility index (Phi) is 2.15. The average Bonchev–Trinajstić information content (AvgIpc) is 2.54. The highest BCUT2D eigenvalue weighted by molar-refractivity contribution is 5.80. The predicted molar refractivity (Wildman–Crippen MR) is 52.2 cm³/mol. The Bertz CT molecular complexity index is 371. The molecular weight excluding hydrogens is 180 g/mol. The van der Waals surface area contributed by atoms with E-state index in [0.717, 1.165) is 24.0 Å². The van der Waals surface area contributed by atoms with Gasteiger partial charge in [0.05, 0.1) is 12.7 Å². The van der Waals surface area contributed by atoms with E-state index in [1.54, 1.807) is 13.2 Å². The number of hydrogen-bond acceptors (Lipinski definition) is 3. The van der Waals surface area contributed by atoms with Gasteiger partial charge in [0.1, 0.15) is 17.6 Å². The molecule has 0 aromatic heterocycles. The van der Waals surface area contributed by atoms with E-state index >= 15 is 0 Å². The molecule has 0 saturated heterocycles. The molecule has 2 rings (SSSR count). The summed E-state index contributed by atoms with van der Waals surface area (Å²) in [6.45, 7) is 2.01. The van der Waals surface area contributed by atoms with Crippen molar-refractivity contribution < 1.29 is 14.3 Å². The van der Waals surface area contributed by atoms with Crippen molar-refractivity contribution in [1.82, 2.24) is 0 Å². The topological polar surface area (TPSA) is 35.5 Å². The fourth-order valence-corrected chi connectivity index (χ4v) is 1.72. The summed E-state index contributed by atoms with van der Waals surface area (Å²) in [5.41, 5.74) is 1.65. The van der Waals surface area contributed by atoms with Gasteiger partial charge in [-0.1, -0.05) is 0 Å². The predicted octanol–water partition coefficient (Wildman–Crippen LogP) is 1.83. The smallest absolute Gasteiger partial charge is 0.153 e. The van der Waals surface area contributed by atoms with Crippen LogP contribution in [0, 0.1) is 0 Å².